The zero-order chi connectivity index (χ0) is 27.2. The Hall–Kier alpha value is -3.03. The van der Waals surface area contributed by atoms with Crippen LogP contribution < -0.4 is 20.9 Å². The minimum atomic E-state index is -4.30. The van der Waals surface area contributed by atoms with Gasteiger partial charge in [-0.25, -0.2) is 13.8 Å². The van der Waals surface area contributed by atoms with Crippen molar-refractivity contribution < 1.29 is 37.4 Å². The van der Waals surface area contributed by atoms with Gasteiger partial charge in [-0.15, -0.1) is 5.98 Å². The maximum absolute atomic E-state index is 13.5. The van der Waals surface area contributed by atoms with Crippen molar-refractivity contribution in [1.29, 1.82) is 0 Å². The predicted octanol–water partition coefficient (Wildman–Crippen LogP) is 1.21. The van der Waals surface area contributed by atoms with E-state index in [2.05, 4.69) is 10.1 Å². The van der Waals surface area contributed by atoms with E-state index in [1.807, 2.05) is 0 Å². The maximum atomic E-state index is 13.5. The lowest BCUT2D eigenvalue weighted by Crippen LogP contribution is -2.36. The molecule has 1 aromatic heterocycles. The number of nitrogens with one attached hydrogen (secondary N) is 2. The minimum Gasteiger partial charge on any atom is -0.465 e. The third kappa shape index (κ3) is 7.49. The highest BCUT2D eigenvalue weighted by atomic mass is 31.2. The molecule has 3 rings (SSSR count). The highest BCUT2D eigenvalue weighted by Gasteiger charge is 2.39. The number of halogens is 1. The number of hydrogen-bond acceptors (Lipinski definition) is 9. The molecule has 1 saturated heterocycles. The second kappa shape index (κ2) is 12.5. The van der Waals surface area contributed by atoms with E-state index in [1.54, 1.807) is 6.92 Å². The minimum absolute atomic E-state index is 0.0145. The second-order valence-corrected chi connectivity index (χ2v) is 9.68. The summed E-state index contributed by atoms with van der Waals surface area (Å²) in [7, 11) is 1.03. The van der Waals surface area contributed by atoms with Crippen LogP contribution in [0.3, 0.4) is 0 Å². The first-order chi connectivity index (χ1) is 17.5. The van der Waals surface area contributed by atoms with E-state index >= 15 is 0 Å². The van der Waals surface area contributed by atoms with E-state index in [0.717, 1.165) is 22.7 Å². The number of carbonyl (C=O) groups excluding carboxylic acids is 1. The number of aliphatic hydroxyl groups is 1. The van der Waals surface area contributed by atoms with Crippen molar-refractivity contribution in [2.75, 3.05) is 13.2 Å². The Bertz CT molecular complexity index is 1280. The van der Waals surface area contributed by atoms with Crippen LogP contribution in [0.5, 0.6) is 5.75 Å². The fraction of sp³-hybridized carbons (Fsp3) is 0.409. The molecule has 2 heterocycles. The van der Waals surface area contributed by atoms with E-state index in [0.29, 0.717) is 0 Å². The molecule has 0 spiro atoms. The second-order valence-electron chi connectivity index (χ2n) is 7.98. The zero-order valence-electron chi connectivity index (χ0n) is 20.0. The summed E-state index contributed by atoms with van der Waals surface area (Å²) in [5.74, 6) is -0.152. The molecule has 37 heavy (non-hydrogen) atoms. The molecule has 12 nitrogen and oxygen atoms in total. The number of aliphatic hydroxyl groups excluding tert-OH is 1. The molecule has 198 valence electrons. The number of esters is 1. The average Bonchev–Trinajstić information content (AvgIpc) is 3.21. The van der Waals surface area contributed by atoms with Crippen molar-refractivity contribution in [1.82, 2.24) is 14.6 Å². The van der Waals surface area contributed by atoms with E-state index in [-0.39, 0.29) is 24.3 Å². The van der Waals surface area contributed by atoms with Crippen LogP contribution in [0.4, 0.5) is 4.39 Å². The van der Waals surface area contributed by atoms with Gasteiger partial charge in [-0.2, -0.15) is 5.09 Å². The molecule has 0 aliphatic carbocycles. The highest BCUT2D eigenvalue weighted by Crippen LogP contribution is 2.46. The van der Waals surface area contributed by atoms with Crippen molar-refractivity contribution >= 4 is 27.6 Å². The Labute approximate surface area is 212 Å². The molecule has 1 aliphatic heterocycles. The first kappa shape index (κ1) is 28.5. The van der Waals surface area contributed by atoms with Gasteiger partial charge in [0.2, 0.25) is 0 Å². The van der Waals surface area contributed by atoms with Crippen molar-refractivity contribution in [3.8, 4) is 5.75 Å². The van der Waals surface area contributed by atoms with E-state index in [1.165, 1.54) is 31.3 Å². The first-order valence-electron chi connectivity index (χ1n) is 11.3. The molecule has 1 aromatic carbocycles. The molecule has 0 saturated carbocycles. The van der Waals surface area contributed by atoms with Gasteiger partial charge >= 0.3 is 19.4 Å². The largest absolute Gasteiger partial charge is 0.465 e. The van der Waals surface area contributed by atoms with Gasteiger partial charge in [-0.3, -0.25) is 23.7 Å². The number of aromatic amines is 1. The van der Waals surface area contributed by atoms with Gasteiger partial charge in [-0.05, 0) is 38.1 Å². The summed E-state index contributed by atoms with van der Waals surface area (Å²) in [6, 6.07) is 3.49. The van der Waals surface area contributed by atoms with Crippen LogP contribution in [0.15, 0.2) is 46.0 Å². The van der Waals surface area contributed by atoms with E-state index in [9.17, 15) is 28.4 Å². The Kier molecular flexibility index (Phi) is 9.63. The van der Waals surface area contributed by atoms with Crippen molar-refractivity contribution in [3.63, 3.8) is 0 Å². The number of aromatic nitrogens is 2. The van der Waals surface area contributed by atoms with Crippen LogP contribution in [0.1, 0.15) is 32.1 Å². The number of carbonyl (C=O) groups is 1. The van der Waals surface area contributed by atoms with Crippen LogP contribution in [-0.2, 0) is 23.4 Å². The van der Waals surface area contributed by atoms with Crippen LogP contribution in [0.25, 0.3) is 6.08 Å². The molecule has 5 atom stereocenters. The van der Waals surface area contributed by atoms with Crippen LogP contribution >= 0.6 is 7.75 Å². The number of nitrogens with zero attached hydrogens (tertiary/aromatic N) is 1. The number of H-pyrrole nitrogens is 1. The van der Waals surface area contributed by atoms with Gasteiger partial charge in [0, 0.05) is 12.6 Å². The smallest absolute Gasteiger partial charge is 0.459 e. The SMILES string of the molecule is [B]/C=C/c1cn([C@H]2CC(O)[C@@H](COP(=O)(N[C@@H](C)C(=O)OCC)Oc3ccc(F)cc3)O2)c(=O)[nH]c1=O. The third-order valence-electron chi connectivity index (χ3n) is 5.23. The van der Waals surface area contributed by atoms with Crippen molar-refractivity contribution in [2.24, 2.45) is 0 Å². The van der Waals surface area contributed by atoms with Crippen molar-refractivity contribution in [3.05, 3.63) is 68.7 Å². The molecule has 0 amide bonds. The van der Waals surface area contributed by atoms with Gasteiger partial charge in [0.15, 0.2) is 0 Å². The van der Waals surface area contributed by atoms with E-state index < -0.39 is 61.9 Å². The molecule has 2 aromatic rings. The molecular weight excluding hydrogens is 511 g/mol. The summed E-state index contributed by atoms with van der Waals surface area (Å²) in [6.45, 7) is 2.60. The Morgan fingerprint density at radius 2 is 2.11 bits per heavy atom. The van der Waals surface area contributed by atoms with Gasteiger partial charge in [0.25, 0.3) is 5.56 Å². The van der Waals surface area contributed by atoms with Gasteiger partial charge in [-0.1, -0.05) is 6.08 Å². The summed E-state index contributed by atoms with van der Waals surface area (Å²) < 4.78 is 49.4. The fourth-order valence-electron chi connectivity index (χ4n) is 3.43. The normalized spacial score (nSPS) is 22.0. The van der Waals surface area contributed by atoms with Crippen LogP contribution in [0.2, 0.25) is 0 Å². The molecule has 15 heteroatoms. The third-order valence-corrected chi connectivity index (χ3v) is 6.87. The Morgan fingerprint density at radius 1 is 1.41 bits per heavy atom. The molecular formula is C22H26BFN3O9P. The topological polar surface area (TPSA) is 158 Å². The summed E-state index contributed by atoms with van der Waals surface area (Å²) in [5, 5.41) is 13.0. The fourth-order valence-corrected chi connectivity index (χ4v) is 4.93. The molecule has 1 fully saturated rings. The molecule has 3 N–H and O–H groups in total. The summed E-state index contributed by atoms with van der Waals surface area (Å²) in [4.78, 5) is 38.4. The molecule has 0 bridgehead atoms. The lowest BCUT2D eigenvalue weighted by atomic mass is 10.1. The van der Waals surface area contributed by atoms with Gasteiger partial charge < -0.3 is 19.1 Å². The Morgan fingerprint density at radius 3 is 2.76 bits per heavy atom. The molecule has 2 radical (unpaired) electrons. The Balaban J connectivity index is 1.76. The quantitative estimate of drug-likeness (QED) is 0.216. The predicted molar refractivity (Wildman–Crippen MR) is 130 cm³/mol. The van der Waals surface area contributed by atoms with Crippen molar-refractivity contribution in [2.45, 2.75) is 44.7 Å². The number of ether oxygens (including phenoxy) is 2. The summed E-state index contributed by atoms with van der Waals surface area (Å²) in [5.41, 5.74) is -1.33. The van der Waals surface area contributed by atoms with Gasteiger partial charge in [0.05, 0.1) is 24.9 Å². The number of benzene rings is 1. The van der Waals surface area contributed by atoms with E-state index in [4.69, 9.17) is 26.4 Å². The highest BCUT2D eigenvalue weighted by molar-refractivity contribution is 7.52. The number of rotatable bonds is 11. The van der Waals surface area contributed by atoms with Crippen LogP contribution in [-0.4, -0.2) is 59.9 Å². The average molecular weight is 537 g/mol. The first-order valence-corrected chi connectivity index (χ1v) is 12.8. The molecule has 2 unspecified atom stereocenters. The van der Waals surface area contributed by atoms with Crippen LogP contribution in [0, 0.1) is 5.82 Å². The summed E-state index contributed by atoms with van der Waals surface area (Å²) >= 11 is 0. The monoisotopic (exact) mass is 537 g/mol. The molecule has 1 aliphatic rings. The number of hydrogen-bond donors (Lipinski definition) is 3. The summed E-state index contributed by atoms with van der Waals surface area (Å²) in [6.07, 6.45) is -0.735. The standard InChI is InChI=1S/C22H26BFN3O9P/c1-3-33-21(30)13(2)26-37(32,36-16-6-4-15(24)5-7-16)34-12-18-17(28)10-19(35-18)27-11-14(8-9-23)20(29)25-22(27)31/h4-9,11,13,17-19,28H,3,10,12H2,1-2H3,(H,26,32)(H,25,29,31)/b9-8+/t13-,17?,18+,19+,37?/m0/s1. The lowest BCUT2D eigenvalue weighted by molar-refractivity contribution is -0.144. The zero-order valence-corrected chi connectivity index (χ0v) is 20.9. The maximum Gasteiger partial charge on any atom is 0.459 e. The van der Waals surface area contributed by atoms with Gasteiger partial charge in [0.1, 0.15) is 37.8 Å². The lowest BCUT2D eigenvalue weighted by Gasteiger charge is -2.24.